The number of rotatable bonds is 6. The van der Waals surface area contributed by atoms with Crippen LogP contribution in [0.15, 0.2) is 18.2 Å². The standard InChI is InChI=1S/C15H18BrN3/c1-12(2)11-19(7-3-6-17)15-5-4-13(9-16)8-14(15)10-18/h4-5,8,12H,3,7,9,11H2,1-2H3. The third-order valence-electron chi connectivity index (χ3n) is 2.76. The Morgan fingerprint density at radius 2 is 2.05 bits per heavy atom. The van der Waals surface area contributed by atoms with Crippen molar-refractivity contribution in [3.63, 3.8) is 0 Å². The molecule has 0 heterocycles. The number of nitrogens with zero attached hydrogens (tertiary/aromatic N) is 3. The normalized spacial score (nSPS) is 10.0. The van der Waals surface area contributed by atoms with Gasteiger partial charge in [-0.1, -0.05) is 35.8 Å². The van der Waals surface area contributed by atoms with E-state index in [4.69, 9.17) is 5.26 Å². The molecule has 0 bridgehead atoms. The number of alkyl halides is 1. The summed E-state index contributed by atoms with van der Waals surface area (Å²) in [5.41, 5.74) is 2.69. The van der Waals surface area contributed by atoms with Crippen molar-refractivity contribution < 1.29 is 0 Å². The molecule has 1 aromatic carbocycles. The van der Waals surface area contributed by atoms with E-state index in [9.17, 15) is 5.26 Å². The van der Waals surface area contributed by atoms with Crippen LogP contribution in [-0.4, -0.2) is 13.1 Å². The Kier molecular flexibility index (Phi) is 6.39. The first kappa shape index (κ1) is 15.5. The molecule has 0 N–H and O–H groups in total. The first-order valence-electron chi connectivity index (χ1n) is 6.33. The van der Waals surface area contributed by atoms with Crippen LogP contribution in [0.2, 0.25) is 0 Å². The zero-order valence-electron chi connectivity index (χ0n) is 11.4. The number of hydrogen-bond donors (Lipinski definition) is 0. The maximum Gasteiger partial charge on any atom is 0.101 e. The molecule has 3 nitrogen and oxygen atoms in total. The molecular weight excluding hydrogens is 302 g/mol. The van der Waals surface area contributed by atoms with E-state index in [1.54, 1.807) is 0 Å². The van der Waals surface area contributed by atoms with Crippen molar-refractivity contribution in [2.24, 2.45) is 5.92 Å². The Morgan fingerprint density at radius 3 is 2.58 bits per heavy atom. The molecule has 0 aliphatic heterocycles. The van der Waals surface area contributed by atoms with Crippen LogP contribution in [0.1, 0.15) is 31.4 Å². The monoisotopic (exact) mass is 319 g/mol. The van der Waals surface area contributed by atoms with Gasteiger partial charge in [-0.3, -0.25) is 0 Å². The fourth-order valence-electron chi connectivity index (χ4n) is 1.97. The van der Waals surface area contributed by atoms with Crippen molar-refractivity contribution in [2.45, 2.75) is 25.6 Å². The largest absolute Gasteiger partial charge is 0.369 e. The molecule has 0 saturated heterocycles. The van der Waals surface area contributed by atoms with Gasteiger partial charge in [0.05, 0.1) is 23.7 Å². The van der Waals surface area contributed by atoms with Crippen LogP contribution in [0.5, 0.6) is 0 Å². The van der Waals surface area contributed by atoms with E-state index >= 15 is 0 Å². The lowest BCUT2D eigenvalue weighted by atomic mass is 10.1. The van der Waals surface area contributed by atoms with E-state index in [0.717, 1.165) is 23.1 Å². The predicted octanol–water partition coefficient (Wildman–Crippen LogP) is 3.83. The summed E-state index contributed by atoms with van der Waals surface area (Å²) in [6.07, 6.45) is 0.470. The highest BCUT2D eigenvalue weighted by Gasteiger charge is 2.13. The minimum Gasteiger partial charge on any atom is -0.369 e. The molecule has 1 rings (SSSR count). The highest BCUT2D eigenvalue weighted by atomic mass is 79.9. The molecule has 0 aliphatic carbocycles. The summed E-state index contributed by atoms with van der Waals surface area (Å²) in [6, 6.07) is 10.3. The van der Waals surface area contributed by atoms with E-state index in [1.165, 1.54) is 0 Å². The topological polar surface area (TPSA) is 50.8 Å². The lowest BCUT2D eigenvalue weighted by Crippen LogP contribution is -2.29. The minimum absolute atomic E-state index is 0.470. The van der Waals surface area contributed by atoms with Gasteiger partial charge in [0.25, 0.3) is 0 Å². The molecular formula is C15H18BrN3. The Bertz CT molecular complexity index is 497. The molecule has 0 aliphatic rings. The van der Waals surface area contributed by atoms with Crippen molar-refractivity contribution in [1.29, 1.82) is 10.5 Å². The first-order chi connectivity index (χ1) is 9.12. The molecule has 0 aromatic heterocycles. The molecule has 19 heavy (non-hydrogen) atoms. The summed E-state index contributed by atoms with van der Waals surface area (Å²) in [4.78, 5) is 2.13. The summed E-state index contributed by atoms with van der Waals surface area (Å²) in [5, 5.41) is 18.8. The number of halogens is 1. The van der Waals surface area contributed by atoms with Crippen LogP contribution in [0, 0.1) is 28.6 Å². The highest BCUT2D eigenvalue weighted by Crippen LogP contribution is 2.23. The zero-order valence-corrected chi connectivity index (χ0v) is 12.9. The Morgan fingerprint density at radius 1 is 1.32 bits per heavy atom. The summed E-state index contributed by atoms with van der Waals surface area (Å²) in [5.74, 6) is 0.487. The van der Waals surface area contributed by atoms with Gasteiger partial charge in [0, 0.05) is 18.4 Å². The van der Waals surface area contributed by atoms with Crippen LogP contribution in [0.25, 0.3) is 0 Å². The molecule has 0 saturated carbocycles. The van der Waals surface area contributed by atoms with Gasteiger partial charge < -0.3 is 4.90 Å². The Labute approximate surface area is 123 Å². The lowest BCUT2D eigenvalue weighted by Gasteiger charge is -2.27. The van der Waals surface area contributed by atoms with Gasteiger partial charge in [-0.05, 0) is 23.6 Å². The van der Waals surface area contributed by atoms with Crippen molar-refractivity contribution in [2.75, 3.05) is 18.0 Å². The second kappa shape index (κ2) is 7.81. The Hall–Kier alpha value is -1.52. The van der Waals surface area contributed by atoms with Gasteiger partial charge in [-0.2, -0.15) is 10.5 Å². The minimum atomic E-state index is 0.470. The number of anilines is 1. The van der Waals surface area contributed by atoms with E-state index in [1.807, 2.05) is 18.2 Å². The lowest BCUT2D eigenvalue weighted by molar-refractivity contribution is 0.612. The second-order valence-corrected chi connectivity index (χ2v) is 5.41. The van der Waals surface area contributed by atoms with E-state index in [-0.39, 0.29) is 0 Å². The molecule has 0 radical (unpaired) electrons. The van der Waals surface area contributed by atoms with E-state index in [0.29, 0.717) is 24.4 Å². The average molecular weight is 320 g/mol. The van der Waals surface area contributed by atoms with Gasteiger partial charge in [-0.25, -0.2) is 0 Å². The van der Waals surface area contributed by atoms with Crippen molar-refractivity contribution in [3.8, 4) is 12.1 Å². The van der Waals surface area contributed by atoms with Crippen molar-refractivity contribution in [3.05, 3.63) is 29.3 Å². The zero-order chi connectivity index (χ0) is 14.3. The maximum atomic E-state index is 9.29. The molecule has 1 aromatic rings. The van der Waals surface area contributed by atoms with Gasteiger partial charge in [0.15, 0.2) is 0 Å². The molecule has 0 amide bonds. The quantitative estimate of drug-likeness (QED) is 0.749. The van der Waals surface area contributed by atoms with Crippen LogP contribution in [0.3, 0.4) is 0 Å². The average Bonchev–Trinajstić information content (AvgIpc) is 2.42. The van der Waals surface area contributed by atoms with Crippen LogP contribution < -0.4 is 4.90 Å². The molecule has 0 unspecified atom stereocenters. The molecule has 100 valence electrons. The van der Waals surface area contributed by atoms with E-state index in [2.05, 4.69) is 46.8 Å². The van der Waals surface area contributed by atoms with Crippen LogP contribution >= 0.6 is 15.9 Å². The van der Waals surface area contributed by atoms with Gasteiger partial charge >= 0.3 is 0 Å². The van der Waals surface area contributed by atoms with Gasteiger partial charge in [-0.15, -0.1) is 0 Å². The second-order valence-electron chi connectivity index (χ2n) is 4.84. The molecule has 0 spiro atoms. The van der Waals surface area contributed by atoms with Crippen LogP contribution in [-0.2, 0) is 5.33 Å². The summed E-state index contributed by atoms with van der Waals surface area (Å²) < 4.78 is 0. The first-order valence-corrected chi connectivity index (χ1v) is 7.45. The van der Waals surface area contributed by atoms with Crippen LogP contribution in [0.4, 0.5) is 5.69 Å². The predicted molar refractivity (Wildman–Crippen MR) is 81.1 cm³/mol. The number of hydrogen-bond acceptors (Lipinski definition) is 3. The summed E-state index contributed by atoms with van der Waals surface area (Å²) in [6.45, 7) is 5.79. The fourth-order valence-corrected chi connectivity index (χ4v) is 2.32. The smallest absolute Gasteiger partial charge is 0.101 e. The number of benzene rings is 1. The van der Waals surface area contributed by atoms with Crippen molar-refractivity contribution in [1.82, 2.24) is 0 Å². The summed E-state index contributed by atoms with van der Waals surface area (Å²) in [7, 11) is 0. The number of nitriles is 2. The third kappa shape index (κ3) is 4.58. The van der Waals surface area contributed by atoms with Gasteiger partial charge in [0.2, 0.25) is 0 Å². The molecule has 0 atom stereocenters. The maximum absolute atomic E-state index is 9.29. The summed E-state index contributed by atoms with van der Waals surface area (Å²) >= 11 is 3.40. The SMILES string of the molecule is CC(C)CN(CCC#N)c1ccc(CBr)cc1C#N. The van der Waals surface area contributed by atoms with Crippen molar-refractivity contribution >= 4 is 21.6 Å². The molecule has 4 heteroatoms. The Balaban J connectivity index is 3.07. The highest BCUT2D eigenvalue weighted by molar-refractivity contribution is 9.08. The third-order valence-corrected chi connectivity index (χ3v) is 3.40. The van der Waals surface area contributed by atoms with E-state index < -0.39 is 0 Å². The fraction of sp³-hybridized carbons (Fsp3) is 0.467. The van der Waals surface area contributed by atoms with Gasteiger partial charge in [0.1, 0.15) is 6.07 Å². The molecule has 0 fully saturated rings.